The molecule has 1 aromatic heterocycles. The summed E-state index contributed by atoms with van der Waals surface area (Å²) in [6.07, 6.45) is 3.02. The van der Waals surface area contributed by atoms with E-state index in [2.05, 4.69) is 10.3 Å². The summed E-state index contributed by atoms with van der Waals surface area (Å²) in [5.41, 5.74) is 3.00. The van der Waals surface area contributed by atoms with Gasteiger partial charge in [-0.25, -0.2) is 9.37 Å². The van der Waals surface area contributed by atoms with E-state index >= 15 is 0 Å². The summed E-state index contributed by atoms with van der Waals surface area (Å²) in [6, 6.07) is 24.0. The van der Waals surface area contributed by atoms with Crippen molar-refractivity contribution in [1.29, 1.82) is 0 Å². The lowest BCUT2D eigenvalue weighted by molar-refractivity contribution is -0.121. The number of ether oxygens (including phenoxy) is 1. The number of hydrogen-bond acceptors (Lipinski definition) is 4. The van der Waals surface area contributed by atoms with Crippen LogP contribution < -0.4 is 10.1 Å². The van der Waals surface area contributed by atoms with Gasteiger partial charge in [-0.05, 0) is 53.9 Å². The second-order valence-electron chi connectivity index (χ2n) is 7.64. The minimum atomic E-state index is -0.303. The van der Waals surface area contributed by atoms with E-state index in [1.807, 2.05) is 54.6 Å². The number of oxazole rings is 1. The van der Waals surface area contributed by atoms with Gasteiger partial charge in [0.2, 0.25) is 5.91 Å². The molecule has 4 aromatic rings. The van der Waals surface area contributed by atoms with Crippen molar-refractivity contribution in [2.24, 2.45) is 0 Å². The van der Waals surface area contributed by atoms with Crippen LogP contribution in [0.2, 0.25) is 0 Å². The lowest BCUT2D eigenvalue weighted by Crippen LogP contribution is -2.25. The number of halogens is 1. The molecule has 0 fully saturated rings. The molecule has 3 aromatic carbocycles. The number of amides is 1. The lowest BCUT2D eigenvalue weighted by atomic mass is 10.1. The Labute approximate surface area is 192 Å². The van der Waals surface area contributed by atoms with Crippen LogP contribution in [0.15, 0.2) is 89.5 Å². The van der Waals surface area contributed by atoms with Gasteiger partial charge in [-0.3, -0.25) is 4.79 Å². The number of benzene rings is 3. The molecule has 33 heavy (non-hydrogen) atoms. The summed E-state index contributed by atoms with van der Waals surface area (Å²) in [5.74, 6) is 1.50. The molecule has 0 radical (unpaired) electrons. The SMILES string of the molecule is O=C(CCc1ncc(-c2ccc(F)cc2)o1)NCCc1ccc(OCc2ccccc2)cc1. The summed E-state index contributed by atoms with van der Waals surface area (Å²) >= 11 is 0. The van der Waals surface area contributed by atoms with Crippen LogP contribution in [-0.4, -0.2) is 17.4 Å². The van der Waals surface area contributed by atoms with Gasteiger partial charge in [0.05, 0.1) is 6.20 Å². The molecule has 0 atom stereocenters. The van der Waals surface area contributed by atoms with Gasteiger partial charge in [0, 0.05) is 24.9 Å². The fraction of sp³-hybridized carbons (Fsp3) is 0.185. The van der Waals surface area contributed by atoms with E-state index < -0.39 is 0 Å². The Morgan fingerprint density at radius 2 is 1.67 bits per heavy atom. The molecule has 0 bridgehead atoms. The van der Waals surface area contributed by atoms with Gasteiger partial charge in [0.15, 0.2) is 11.7 Å². The van der Waals surface area contributed by atoms with Crippen molar-refractivity contribution in [1.82, 2.24) is 10.3 Å². The lowest BCUT2D eigenvalue weighted by Gasteiger charge is -2.08. The normalized spacial score (nSPS) is 10.7. The molecule has 6 heteroatoms. The molecule has 1 N–H and O–H groups in total. The maximum absolute atomic E-state index is 13.0. The minimum absolute atomic E-state index is 0.0562. The van der Waals surface area contributed by atoms with Crippen LogP contribution in [0.1, 0.15) is 23.4 Å². The van der Waals surface area contributed by atoms with Crippen molar-refractivity contribution in [2.75, 3.05) is 6.54 Å². The maximum Gasteiger partial charge on any atom is 0.220 e. The van der Waals surface area contributed by atoms with E-state index in [4.69, 9.17) is 9.15 Å². The van der Waals surface area contributed by atoms with Crippen molar-refractivity contribution in [2.45, 2.75) is 25.9 Å². The van der Waals surface area contributed by atoms with Crippen molar-refractivity contribution in [3.63, 3.8) is 0 Å². The molecule has 1 heterocycles. The Morgan fingerprint density at radius 3 is 2.42 bits per heavy atom. The molecule has 0 unspecified atom stereocenters. The fourth-order valence-electron chi connectivity index (χ4n) is 3.32. The third-order valence-corrected chi connectivity index (χ3v) is 5.16. The molecule has 0 aliphatic carbocycles. The summed E-state index contributed by atoms with van der Waals surface area (Å²) in [4.78, 5) is 16.4. The van der Waals surface area contributed by atoms with Gasteiger partial charge < -0.3 is 14.5 Å². The number of nitrogens with one attached hydrogen (secondary N) is 1. The Bertz CT molecular complexity index is 1160. The predicted octanol–water partition coefficient (Wildman–Crippen LogP) is 5.35. The zero-order chi connectivity index (χ0) is 22.9. The van der Waals surface area contributed by atoms with Crippen molar-refractivity contribution in [3.05, 3.63) is 108 Å². The highest BCUT2D eigenvalue weighted by molar-refractivity contribution is 5.76. The summed E-state index contributed by atoms with van der Waals surface area (Å²) < 4.78 is 24.5. The Hall–Kier alpha value is -3.93. The number of nitrogens with zero attached hydrogens (tertiary/aromatic N) is 1. The highest BCUT2D eigenvalue weighted by Gasteiger charge is 2.09. The van der Waals surface area contributed by atoms with Crippen LogP contribution in [-0.2, 0) is 24.2 Å². The Balaban J connectivity index is 1.16. The van der Waals surface area contributed by atoms with Gasteiger partial charge >= 0.3 is 0 Å². The standard InChI is InChI=1S/C27H25FN2O3/c28-23-10-8-22(9-11-23)25-18-30-27(33-25)15-14-26(31)29-17-16-20-6-12-24(13-7-20)32-19-21-4-2-1-3-5-21/h1-13,18H,14-17,19H2,(H,29,31). The average molecular weight is 445 g/mol. The first-order valence-corrected chi connectivity index (χ1v) is 10.9. The highest BCUT2D eigenvalue weighted by Crippen LogP contribution is 2.21. The molecule has 168 valence electrons. The third kappa shape index (κ3) is 6.77. The summed E-state index contributed by atoms with van der Waals surface area (Å²) in [7, 11) is 0. The third-order valence-electron chi connectivity index (χ3n) is 5.16. The van der Waals surface area contributed by atoms with E-state index in [9.17, 15) is 9.18 Å². The van der Waals surface area contributed by atoms with Crippen molar-refractivity contribution < 1.29 is 18.3 Å². The first-order valence-electron chi connectivity index (χ1n) is 10.9. The monoisotopic (exact) mass is 444 g/mol. The van der Waals surface area contributed by atoms with E-state index in [0.29, 0.717) is 31.2 Å². The van der Waals surface area contributed by atoms with Gasteiger partial charge in [-0.1, -0.05) is 42.5 Å². The van der Waals surface area contributed by atoms with E-state index in [1.165, 1.54) is 12.1 Å². The molecule has 0 spiro atoms. The number of aryl methyl sites for hydroxylation is 1. The maximum atomic E-state index is 13.0. The molecule has 0 saturated heterocycles. The molecule has 0 aliphatic rings. The Kier molecular flexibility index (Phi) is 7.48. The first-order chi connectivity index (χ1) is 16.2. The minimum Gasteiger partial charge on any atom is -0.489 e. The fourth-order valence-corrected chi connectivity index (χ4v) is 3.32. The summed E-state index contributed by atoms with van der Waals surface area (Å²) in [6.45, 7) is 1.08. The van der Waals surface area contributed by atoms with E-state index in [0.717, 1.165) is 28.9 Å². The van der Waals surface area contributed by atoms with E-state index in [-0.39, 0.29) is 18.1 Å². The zero-order valence-electron chi connectivity index (χ0n) is 18.2. The molecule has 5 nitrogen and oxygen atoms in total. The molecular formula is C27H25FN2O3. The second-order valence-corrected chi connectivity index (χ2v) is 7.64. The molecule has 4 rings (SSSR count). The zero-order valence-corrected chi connectivity index (χ0v) is 18.2. The second kappa shape index (κ2) is 11.1. The number of aromatic nitrogens is 1. The van der Waals surface area contributed by atoms with Crippen molar-refractivity contribution in [3.8, 4) is 17.1 Å². The van der Waals surface area contributed by atoms with Crippen molar-refractivity contribution >= 4 is 5.91 Å². The molecular weight excluding hydrogens is 419 g/mol. The number of hydrogen-bond donors (Lipinski definition) is 1. The van der Waals surface area contributed by atoms with Gasteiger partial charge in [0.25, 0.3) is 0 Å². The smallest absolute Gasteiger partial charge is 0.220 e. The largest absolute Gasteiger partial charge is 0.489 e. The van der Waals surface area contributed by atoms with Gasteiger partial charge in [0.1, 0.15) is 18.2 Å². The van der Waals surface area contributed by atoms with Gasteiger partial charge in [-0.2, -0.15) is 0 Å². The number of carbonyl (C=O) groups is 1. The van der Waals surface area contributed by atoms with E-state index in [1.54, 1.807) is 18.3 Å². The van der Waals surface area contributed by atoms with Crippen LogP contribution in [0.4, 0.5) is 4.39 Å². The topological polar surface area (TPSA) is 64.4 Å². The molecule has 0 aliphatic heterocycles. The highest BCUT2D eigenvalue weighted by atomic mass is 19.1. The van der Waals surface area contributed by atoms with Crippen LogP contribution in [0.3, 0.4) is 0 Å². The summed E-state index contributed by atoms with van der Waals surface area (Å²) in [5, 5.41) is 2.93. The van der Waals surface area contributed by atoms with Crippen LogP contribution in [0.25, 0.3) is 11.3 Å². The number of carbonyl (C=O) groups excluding carboxylic acids is 1. The predicted molar refractivity (Wildman–Crippen MR) is 124 cm³/mol. The Morgan fingerprint density at radius 1 is 0.909 bits per heavy atom. The van der Waals surface area contributed by atoms with Crippen LogP contribution in [0.5, 0.6) is 5.75 Å². The van der Waals surface area contributed by atoms with Crippen LogP contribution >= 0.6 is 0 Å². The van der Waals surface area contributed by atoms with Crippen LogP contribution in [0, 0.1) is 5.82 Å². The first kappa shape index (κ1) is 22.3. The molecule has 0 saturated carbocycles. The average Bonchev–Trinajstić information content (AvgIpc) is 3.32. The quantitative estimate of drug-likeness (QED) is 0.358. The van der Waals surface area contributed by atoms with Gasteiger partial charge in [-0.15, -0.1) is 0 Å². The molecule has 1 amide bonds. The number of rotatable bonds is 10.